The Morgan fingerprint density at radius 2 is 1.88 bits per heavy atom. The Morgan fingerprint density at radius 3 is 2.59 bits per heavy atom. The number of benzene rings is 1. The van der Waals surface area contributed by atoms with Gasteiger partial charge < -0.3 is 10.0 Å². The minimum Gasteiger partial charge on any atom is -0.508 e. The monoisotopic (exact) mass is 229 g/mol. The molecule has 1 N–H and O–H groups in total. The van der Waals surface area contributed by atoms with Crippen molar-refractivity contribution in [1.29, 1.82) is 0 Å². The molecule has 0 unspecified atom stereocenters. The van der Waals surface area contributed by atoms with Crippen molar-refractivity contribution in [3.8, 4) is 5.75 Å². The van der Waals surface area contributed by atoms with Crippen molar-refractivity contribution in [2.75, 3.05) is 21.1 Å². The van der Waals surface area contributed by atoms with Crippen LogP contribution < -0.4 is 0 Å². The van der Waals surface area contributed by atoms with Gasteiger partial charge in [0.2, 0.25) is 0 Å². The maximum absolute atomic E-state index is 9.30. The summed E-state index contributed by atoms with van der Waals surface area (Å²) in [5.74, 6) is 1.02. The lowest BCUT2D eigenvalue weighted by atomic mass is 10.1. The first kappa shape index (κ1) is 11.5. The average molecular weight is 229 g/mol. The third-order valence-corrected chi connectivity index (χ3v) is 2.18. The number of aromatic hydroxyl groups is 1. The van der Waals surface area contributed by atoms with E-state index in [0.717, 1.165) is 22.7 Å². The van der Waals surface area contributed by atoms with Gasteiger partial charge in [-0.25, -0.2) is 9.98 Å². The maximum atomic E-state index is 9.30. The van der Waals surface area contributed by atoms with Gasteiger partial charge in [0.05, 0.1) is 5.69 Å². The Kier molecular flexibility index (Phi) is 3.06. The molecule has 0 amide bonds. The highest BCUT2D eigenvalue weighted by molar-refractivity contribution is 6.35. The summed E-state index contributed by atoms with van der Waals surface area (Å²) in [6, 6.07) is 5.15. The van der Waals surface area contributed by atoms with Crippen LogP contribution in [0.15, 0.2) is 34.3 Å². The minimum absolute atomic E-state index is 0.267. The second-order valence-corrected chi connectivity index (χ2v) is 4.34. The predicted molar refractivity (Wildman–Crippen MR) is 71.3 cm³/mol. The molecule has 2 aliphatic heterocycles. The van der Waals surface area contributed by atoms with Crippen molar-refractivity contribution in [3.63, 3.8) is 0 Å². The molecular formula is C13H15N3O. The van der Waals surface area contributed by atoms with Gasteiger partial charge in [-0.1, -0.05) is 0 Å². The summed E-state index contributed by atoms with van der Waals surface area (Å²) >= 11 is 0. The van der Waals surface area contributed by atoms with Crippen LogP contribution >= 0.6 is 0 Å². The lowest BCUT2D eigenvalue weighted by molar-refractivity contribution is 0.475. The molecule has 88 valence electrons. The summed E-state index contributed by atoms with van der Waals surface area (Å²) in [6.07, 6.45) is 3.63. The molecule has 1 aromatic rings. The van der Waals surface area contributed by atoms with Crippen molar-refractivity contribution >= 4 is 23.3 Å². The third-order valence-electron chi connectivity index (χ3n) is 2.18. The van der Waals surface area contributed by atoms with E-state index >= 15 is 0 Å². The van der Waals surface area contributed by atoms with Crippen molar-refractivity contribution in [3.05, 3.63) is 29.8 Å². The molecule has 3 rings (SSSR count). The summed E-state index contributed by atoms with van der Waals surface area (Å²) < 4.78 is 0. The number of fused-ring (bicyclic) bond motifs is 3. The molecule has 0 bridgehead atoms. The summed E-state index contributed by atoms with van der Waals surface area (Å²) in [5.41, 5.74) is 2.86. The molecule has 4 nitrogen and oxygen atoms in total. The van der Waals surface area contributed by atoms with Gasteiger partial charge in [0.25, 0.3) is 0 Å². The molecule has 4 heteroatoms. The second kappa shape index (κ2) is 4.51. The second-order valence-electron chi connectivity index (χ2n) is 4.34. The molecule has 2 heterocycles. The number of aliphatic imine (C=N–C) groups is 2. The van der Waals surface area contributed by atoms with E-state index in [9.17, 15) is 5.11 Å². The Balaban J connectivity index is 0.000000239. The number of hydrogen-bond acceptors (Lipinski definition) is 4. The van der Waals surface area contributed by atoms with Gasteiger partial charge >= 0.3 is 0 Å². The van der Waals surface area contributed by atoms with Gasteiger partial charge in [-0.05, 0) is 45.4 Å². The lowest BCUT2D eigenvalue weighted by Gasteiger charge is -1.97. The smallest absolute Gasteiger partial charge is 0.160 e. The van der Waals surface area contributed by atoms with Crippen LogP contribution in [-0.2, 0) is 0 Å². The van der Waals surface area contributed by atoms with Gasteiger partial charge in [-0.3, -0.25) is 0 Å². The van der Waals surface area contributed by atoms with E-state index in [-0.39, 0.29) is 5.75 Å². The molecule has 1 aromatic carbocycles. The number of phenolic OH excluding ortho intramolecular Hbond substituents is 1. The molecular weight excluding hydrogens is 214 g/mol. The Morgan fingerprint density at radius 1 is 1.18 bits per heavy atom. The SMILES string of the molecule is CN(C)C.Oc1ccc2c(c1)C1=CC=NC1=N2. The highest BCUT2D eigenvalue weighted by atomic mass is 16.3. The first-order valence-electron chi connectivity index (χ1n) is 5.35. The number of nitrogens with zero attached hydrogens (tertiary/aromatic N) is 3. The van der Waals surface area contributed by atoms with Crippen molar-refractivity contribution in [2.45, 2.75) is 0 Å². The van der Waals surface area contributed by atoms with E-state index in [4.69, 9.17) is 0 Å². The largest absolute Gasteiger partial charge is 0.508 e. The fraction of sp³-hybridized carbons (Fsp3) is 0.231. The van der Waals surface area contributed by atoms with E-state index in [1.807, 2.05) is 32.1 Å². The number of phenols is 1. The molecule has 0 aliphatic carbocycles. The lowest BCUT2D eigenvalue weighted by Crippen LogP contribution is -1.99. The first-order valence-corrected chi connectivity index (χ1v) is 5.35. The van der Waals surface area contributed by atoms with Gasteiger partial charge in [0.15, 0.2) is 5.84 Å². The fourth-order valence-corrected chi connectivity index (χ4v) is 1.58. The van der Waals surface area contributed by atoms with Crippen LogP contribution in [0.4, 0.5) is 5.69 Å². The normalized spacial score (nSPS) is 14.8. The number of allylic oxidation sites excluding steroid dienone is 1. The van der Waals surface area contributed by atoms with E-state index < -0.39 is 0 Å². The van der Waals surface area contributed by atoms with Crippen LogP contribution in [-0.4, -0.2) is 43.2 Å². The van der Waals surface area contributed by atoms with Crippen LogP contribution in [0.2, 0.25) is 0 Å². The first-order chi connectivity index (χ1) is 8.08. The van der Waals surface area contributed by atoms with Crippen molar-refractivity contribution < 1.29 is 5.11 Å². The standard InChI is InChI=1S/C10H6N2O.C3H9N/c13-6-1-2-9-8(5-6)7-3-4-11-10(7)12-9;1-4(2)3/h1-5,13H;1-3H3. The zero-order valence-electron chi connectivity index (χ0n) is 10.2. The highest BCUT2D eigenvalue weighted by Crippen LogP contribution is 2.38. The zero-order valence-corrected chi connectivity index (χ0v) is 10.2. The number of amidine groups is 1. The van der Waals surface area contributed by atoms with Crippen LogP contribution in [0, 0.1) is 0 Å². The topological polar surface area (TPSA) is 48.2 Å². The molecule has 0 atom stereocenters. The van der Waals surface area contributed by atoms with Crippen molar-refractivity contribution in [2.24, 2.45) is 9.98 Å². The van der Waals surface area contributed by atoms with Gasteiger partial charge in [0, 0.05) is 17.4 Å². The average Bonchev–Trinajstić information content (AvgIpc) is 2.77. The minimum atomic E-state index is 0.267. The molecule has 0 saturated heterocycles. The highest BCUT2D eigenvalue weighted by Gasteiger charge is 2.22. The van der Waals surface area contributed by atoms with Crippen LogP contribution in [0.25, 0.3) is 5.57 Å². The predicted octanol–water partition coefficient (Wildman–Crippen LogP) is 2.08. The molecule has 17 heavy (non-hydrogen) atoms. The summed E-state index contributed by atoms with van der Waals surface area (Å²) in [5, 5.41) is 9.30. The van der Waals surface area contributed by atoms with Gasteiger partial charge in [-0.15, -0.1) is 0 Å². The zero-order chi connectivity index (χ0) is 12.4. The molecule has 0 saturated carbocycles. The molecule has 0 radical (unpaired) electrons. The van der Waals surface area contributed by atoms with Crippen molar-refractivity contribution in [1.82, 2.24) is 4.90 Å². The van der Waals surface area contributed by atoms with Crippen LogP contribution in [0.5, 0.6) is 5.75 Å². The Labute approximate surface area is 101 Å². The van der Waals surface area contributed by atoms with E-state index in [1.54, 1.807) is 24.4 Å². The number of rotatable bonds is 0. The Bertz CT molecular complexity index is 525. The third kappa shape index (κ3) is 2.42. The summed E-state index contributed by atoms with van der Waals surface area (Å²) in [7, 11) is 6.00. The van der Waals surface area contributed by atoms with Crippen LogP contribution in [0.3, 0.4) is 0 Å². The maximum Gasteiger partial charge on any atom is 0.160 e. The van der Waals surface area contributed by atoms with E-state index in [0.29, 0.717) is 0 Å². The van der Waals surface area contributed by atoms with E-state index in [1.165, 1.54) is 0 Å². The van der Waals surface area contributed by atoms with Crippen LogP contribution in [0.1, 0.15) is 5.56 Å². The van der Waals surface area contributed by atoms with Gasteiger partial charge in [-0.2, -0.15) is 0 Å². The molecule has 2 aliphatic rings. The summed E-state index contributed by atoms with van der Waals surface area (Å²) in [4.78, 5) is 10.4. The summed E-state index contributed by atoms with van der Waals surface area (Å²) in [6.45, 7) is 0. The van der Waals surface area contributed by atoms with E-state index in [2.05, 4.69) is 9.98 Å². The quantitative estimate of drug-likeness (QED) is 0.740. The molecule has 0 spiro atoms. The Hall–Kier alpha value is -1.94. The number of hydrogen-bond donors (Lipinski definition) is 1. The fourth-order valence-electron chi connectivity index (χ4n) is 1.58. The van der Waals surface area contributed by atoms with Gasteiger partial charge in [0.1, 0.15) is 5.75 Å². The molecule has 0 aromatic heterocycles. The molecule has 0 fully saturated rings.